The van der Waals surface area contributed by atoms with Crippen molar-refractivity contribution in [1.29, 1.82) is 0 Å². The highest BCUT2D eigenvalue weighted by Crippen LogP contribution is 2.44. The van der Waals surface area contributed by atoms with Crippen molar-refractivity contribution >= 4 is 29.3 Å². The number of hydrogen-bond acceptors (Lipinski definition) is 3. The van der Waals surface area contributed by atoms with Crippen LogP contribution in [0, 0.1) is 0 Å². The van der Waals surface area contributed by atoms with Crippen molar-refractivity contribution in [3.8, 4) is 0 Å². The lowest BCUT2D eigenvalue weighted by molar-refractivity contribution is -0.165. The summed E-state index contributed by atoms with van der Waals surface area (Å²) in [6.07, 6.45) is 3.24. The van der Waals surface area contributed by atoms with Gasteiger partial charge in [-0.2, -0.15) is 0 Å². The standard InChI is InChI=1S/C31H33N3O4/c1-30(28(36)37)23-32(29(38)34(25-15-7-3-8-16-25)26-17-9-4-10-18-26)21-22-33(30)27(35)31(19-11-12-20-31)24-13-5-2-6-14-24/h2-10,13-18H,11-12,19-23H2,1H3,(H,36,37)/t30-/m1/s1. The van der Waals surface area contributed by atoms with Gasteiger partial charge in [-0.1, -0.05) is 79.6 Å². The molecular weight excluding hydrogens is 478 g/mol. The highest BCUT2D eigenvalue weighted by molar-refractivity contribution is 6.00. The van der Waals surface area contributed by atoms with E-state index < -0.39 is 16.9 Å². The molecule has 1 saturated carbocycles. The fourth-order valence-corrected chi connectivity index (χ4v) is 5.96. The van der Waals surface area contributed by atoms with Crippen molar-refractivity contribution in [2.24, 2.45) is 0 Å². The summed E-state index contributed by atoms with van der Waals surface area (Å²) in [6.45, 7) is 1.86. The predicted molar refractivity (Wildman–Crippen MR) is 146 cm³/mol. The number of rotatable bonds is 5. The number of amides is 3. The van der Waals surface area contributed by atoms with E-state index >= 15 is 0 Å². The van der Waals surface area contributed by atoms with Gasteiger partial charge in [0, 0.05) is 13.1 Å². The zero-order valence-corrected chi connectivity index (χ0v) is 21.6. The summed E-state index contributed by atoms with van der Waals surface area (Å²) in [5.74, 6) is -1.27. The number of carbonyl (C=O) groups excluding carboxylic acids is 2. The Labute approximate surface area is 223 Å². The minimum absolute atomic E-state index is 0.103. The van der Waals surface area contributed by atoms with Crippen LogP contribution in [-0.4, -0.2) is 58.0 Å². The molecule has 1 saturated heterocycles. The molecule has 1 aliphatic heterocycles. The number of carbonyl (C=O) groups is 3. The van der Waals surface area contributed by atoms with Crippen LogP contribution in [0.3, 0.4) is 0 Å². The van der Waals surface area contributed by atoms with Crippen LogP contribution in [-0.2, 0) is 15.0 Å². The lowest BCUT2D eigenvalue weighted by Gasteiger charge is -2.49. The Kier molecular flexibility index (Phi) is 6.93. The van der Waals surface area contributed by atoms with Crippen molar-refractivity contribution < 1.29 is 19.5 Å². The van der Waals surface area contributed by atoms with Crippen LogP contribution in [0.2, 0.25) is 0 Å². The molecule has 2 aliphatic rings. The first-order valence-electron chi connectivity index (χ1n) is 13.2. The molecule has 0 radical (unpaired) electrons. The molecule has 0 spiro atoms. The number of carboxylic acids is 1. The quantitative estimate of drug-likeness (QED) is 0.494. The number of aliphatic carboxylic acids is 1. The van der Waals surface area contributed by atoms with Crippen LogP contribution < -0.4 is 4.90 Å². The van der Waals surface area contributed by atoms with Gasteiger partial charge in [-0.05, 0) is 49.6 Å². The molecule has 3 aromatic rings. The maximum atomic E-state index is 14.2. The SMILES string of the molecule is C[C@]1(C(=O)O)CN(C(=O)N(c2ccccc2)c2ccccc2)CCN1C(=O)C1(c2ccccc2)CCCC1. The van der Waals surface area contributed by atoms with Crippen molar-refractivity contribution in [2.75, 3.05) is 24.5 Å². The number of hydrogen-bond donors (Lipinski definition) is 1. The zero-order chi connectivity index (χ0) is 26.8. The highest BCUT2D eigenvalue weighted by atomic mass is 16.4. The Balaban J connectivity index is 1.47. The van der Waals surface area contributed by atoms with Crippen molar-refractivity contribution in [1.82, 2.24) is 9.80 Å². The summed E-state index contributed by atoms with van der Waals surface area (Å²) >= 11 is 0. The van der Waals surface area contributed by atoms with E-state index in [4.69, 9.17) is 0 Å². The van der Waals surface area contributed by atoms with E-state index in [9.17, 15) is 19.5 Å². The third-order valence-corrected chi connectivity index (χ3v) is 8.08. The summed E-state index contributed by atoms with van der Waals surface area (Å²) < 4.78 is 0. The van der Waals surface area contributed by atoms with E-state index in [1.54, 1.807) is 16.7 Å². The maximum Gasteiger partial charge on any atom is 0.331 e. The van der Waals surface area contributed by atoms with Crippen molar-refractivity contribution in [2.45, 2.75) is 43.6 Å². The molecule has 1 N–H and O–H groups in total. The van der Waals surface area contributed by atoms with E-state index in [0.29, 0.717) is 24.2 Å². The lowest BCUT2D eigenvalue weighted by Crippen LogP contribution is -2.69. The third kappa shape index (κ3) is 4.42. The van der Waals surface area contributed by atoms with Gasteiger partial charge < -0.3 is 14.9 Å². The van der Waals surface area contributed by atoms with Crippen LogP contribution in [0.25, 0.3) is 0 Å². The van der Waals surface area contributed by atoms with Crippen molar-refractivity contribution in [3.05, 3.63) is 96.6 Å². The number of benzene rings is 3. The first-order valence-corrected chi connectivity index (χ1v) is 13.2. The molecule has 3 amide bonds. The largest absolute Gasteiger partial charge is 0.479 e. The Morgan fingerprint density at radius 3 is 1.76 bits per heavy atom. The van der Waals surface area contributed by atoms with Gasteiger partial charge >= 0.3 is 12.0 Å². The topological polar surface area (TPSA) is 81.2 Å². The van der Waals surface area contributed by atoms with Gasteiger partial charge in [0.1, 0.15) is 0 Å². The molecule has 1 heterocycles. The molecule has 1 aliphatic carbocycles. The molecule has 7 heteroatoms. The molecule has 5 rings (SSSR count). The number of nitrogens with zero attached hydrogens (tertiary/aromatic N) is 3. The summed E-state index contributed by atoms with van der Waals surface area (Å²) in [6, 6.07) is 28.0. The second-order valence-electron chi connectivity index (χ2n) is 10.4. The van der Waals surface area contributed by atoms with E-state index in [2.05, 4.69) is 0 Å². The van der Waals surface area contributed by atoms with Gasteiger partial charge in [0.15, 0.2) is 5.54 Å². The second kappa shape index (κ2) is 10.3. The summed E-state index contributed by atoms with van der Waals surface area (Å²) in [5.41, 5.74) is 0.0214. The molecular formula is C31H33N3O4. The molecule has 0 bridgehead atoms. The monoisotopic (exact) mass is 511 g/mol. The molecule has 7 nitrogen and oxygen atoms in total. The van der Waals surface area contributed by atoms with Crippen LogP contribution in [0.5, 0.6) is 0 Å². The number of para-hydroxylation sites is 2. The molecule has 3 aromatic carbocycles. The van der Waals surface area contributed by atoms with Crippen LogP contribution >= 0.6 is 0 Å². The highest BCUT2D eigenvalue weighted by Gasteiger charge is 2.54. The van der Waals surface area contributed by atoms with Gasteiger partial charge in [-0.3, -0.25) is 9.69 Å². The molecule has 1 atom stereocenters. The minimum Gasteiger partial charge on any atom is -0.479 e. The second-order valence-corrected chi connectivity index (χ2v) is 10.4. The van der Waals surface area contributed by atoms with E-state index in [0.717, 1.165) is 18.4 Å². The van der Waals surface area contributed by atoms with Crippen LogP contribution in [0.4, 0.5) is 16.2 Å². The smallest absolute Gasteiger partial charge is 0.331 e. The summed E-state index contributed by atoms with van der Waals surface area (Å²) in [7, 11) is 0. The fourth-order valence-electron chi connectivity index (χ4n) is 5.96. The predicted octanol–water partition coefficient (Wildman–Crippen LogP) is 5.44. The fraction of sp³-hybridized carbons (Fsp3) is 0.323. The summed E-state index contributed by atoms with van der Waals surface area (Å²) in [4.78, 5) is 45.7. The first kappa shape index (κ1) is 25.5. The Hall–Kier alpha value is -4.13. The lowest BCUT2D eigenvalue weighted by atomic mass is 9.76. The molecule has 0 unspecified atom stereocenters. The zero-order valence-electron chi connectivity index (χ0n) is 21.6. The average Bonchev–Trinajstić information content (AvgIpc) is 3.46. The van der Waals surface area contributed by atoms with E-state index in [1.807, 2.05) is 91.0 Å². The van der Waals surface area contributed by atoms with Crippen LogP contribution in [0.1, 0.15) is 38.2 Å². The van der Waals surface area contributed by atoms with E-state index in [1.165, 1.54) is 4.90 Å². The number of anilines is 2. The van der Waals surface area contributed by atoms with Crippen molar-refractivity contribution in [3.63, 3.8) is 0 Å². The van der Waals surface area contributed by atoms with Crippen LogP contribution in [0.15, 0.2) is 91.0 Å². The number of urea groups is 1. The average molecular weight is 512 g/mol. The van der Waals surface area contributed by atoms with Gasteiger partial charge in [-0.15, -0.1) is 0 Å². The Morgan fingerprint density at radius 1 is 0.763 bits per heavy atom. The minimum atomic E-state index is -1.56. The van der Waals surface area contributed by atoms with Gasteiger partial charge in [0.2, 0.25) is 5.91 Å². The Morgan fingerprint density at radius 2 is 1.26 bits per heavy atom. The molecule has 2 fully saturated rings. The molecule has 38 heavy (non-hydrogen) atoms. The van der Waals surface area contributed by atoms with E-state index in [-0.39, 0.29) is 31.6 Å². The van der Waals surface area contributed by atoms with Gasteiger partial charge in [-0.25, -0.2) is 9.59 Å². The van der Waals surface area contributed by atoms with Gasteiger partial charge in [0.05, 0.1) is 23.3 Å². The molecule has 0 aromatic heterocycles. The normalized spacial score (nSPS) is 20.7. The Bertz CT molecular complexity index is 1250. The number of piperazine rings is 1. The molecule has 196 valence electrons. The summed E-state index contributed by atoms with van der Waals surface area (Å²) in [5, 5.41) is 10.4. The number of carboxylic acid groups (broad SMARTS) is 1. The maximum absolute atomic E-state index is 14.2. The van der Waals surface area contributed by atoms with Gasteiger partial charge in [0.25, 0.3) is 0 Å². The third-order valence-electron chi connectivity index (χ3n) is 8.08. The first-order chi connectivity index (χ1) is 18.4.